The van der Waals surface area contributed by atoms with E-state index in [1.807, 2.05) is 0 Å². The van der Waals surface area contributed by atoms with Crippen LogP contribution in [0.1, 0.15) is 24.3 Å². The third-order valence-corrected chi connectivity index (χ3v) is 3.15. The minimum atomic E-state index is -0.384. The molecule has 0 aromatic heterocycles. The molecule has 4 N–H and O–H groups in total. The van der Waals surface area contributed by atoms with Gasteiger partial charge in [-0.25, -0.2) is 4.39 Å². The highest BCUT2D eigenvalue weighted by atomic mass is 35.5. The van der Waals surface area contributed by atoms with E-state index >= 15 is 0 Å². The van der Waals surface area contributed by atoms with Crippen molar-refractivity contribution in [2.75, 3.05) is 0 Å². The van der Waals surface area contributed by atoms with Gasteiger partial charge in [-0.05, 0) is 36.5 Å². The van der Waals surface area contributed by atoms with Crippen LogP contribution in [-0.4, -0.2) is 12.0 Å². The molecular weight excluding hydrogens is 229 g/mol. The zero-order chi connectivity index (χ0) is 11.7. The molecule has 0 heterocycles. The van der Waals surface area contributed by atoms with Crippen LogP contribution in [0.15, 0.2) is 23.2 Å². The van der Waals surface area contributed by atoms with Crippen LogP contribution in [0.2, 0.25) is 5.02 Å². The van der Waals surface area contributed by atoms with Gasteiger partial charge in [0.1, 0.15) is 5.82 Å². The van der Waals surface area contributed by atoms with Crippen molar-refractivity contribution in [3.05, 3.63) is 34.6 Å². The molecule has 3 nitrogen and oxygen atoms in total. The van der Waals surface area contributed by atoms with Crippen molar-refractivity contribution in [2.45, 2.75) is 24.8 Å². The Morgan fingerprint density at radius 2 is 2.06 bits per heavy atom. The summed E-state index contributed by atoms with van der Waals surface area (Å²) in [5, 5.41) is 0.169. The minimum Gasteiger partial charge on any atom is -0.370 e. The third-order valence-electron chi connectivity index (χ3n) is 2.86. The van der Waals surface area contributed by atoms with Crippen LogP contribution in [0, 0.1) is 5.82 Å². The Kier molecular flexibility index (Phi) is 3.01. The number of guanidine groups is 1. The molecule has 1 aliphatic rings. The van der Waals surface area contributed by atoms with E-state index in [1.165, 1.54) is 6.07 Å². The fourth-order valence-electron chi connectivity index (χ4n) is 1.94. The molecule has 0 aliphatic heterocycles. The molecule has 0 bridgehead atoms. The highest BCUT2D eigenvalue weighted by Crippen LogP contribution is 2.39. The van der Waals surface area contributed by atoms with E-state index in [0.717, 1.165) is 18.4 Å². The average molecular weight is 242 g/mol. The Hall–Kier alpha value is -1.29. The summed E-state index contributed by atoms with van der Waals surface area (Å²) in [4.78, 5) is 4.06. The van der Waals surface area contributed by atoms with Gasteiger partial charge in [0.25, 0.3) is 0 Å². The maximum absolute atomic E-state index is 12.9. The van der Waals surface area contributed by atoms with Crippen molar-refractivity contribution in [3.8, 4) is 0 Å². The van der Waals surface area contributed by atoms with Crippen molar-refractivity contribution >= 4 is 17.6 Å². The van der Waals surface area contributed by atoms with Crippen LogP contribution in [0.5, 0.6) is 0 Å². The van der Waals surface area contributed by atoms with Crippen LogP contribution in [0.25, 0.3) is 0 Å². The summed E-state index contributed by atoms with van der Waals surface area (Å²) in [6.45, 7) is 0. The number of hydrogen-bond donors (Lipinski definition) is 2. The number of halogens is 2. The first-order valence-electron chi connectivity index (χ1n) is 5.10. The van der Waals surface area contributed by atoms with E-state index in [2.05, 4.69) is 4.99 Å². The van der Waals surface area contributed by atoms with Gasteiger partial charge in [-0.3, -0.25) is 4.99 Å². The highest BCUT2D eigenvalue weighted by Gasteiger charge is 2.30. The van der Waals surface area contributed by atoms with E-state index < -0.39 is 0 Å². The number of nitrogens with zero attached hydrogens (tertiary/aromatic N) is 1. The second-order valence-electron chi connectivity index (χ2n) is 4.05. The van der Waals surface area contributed by atoms with Crippen LogP contribution in [0.4, 0.5) is 4.39 Å². The topological polar surface area (TPSA) is 64.4 Å². The van der Waals surface area contributed by atoms with Crippen LogP contribution >= 0.6 is 11.6 Å². The molecule has 1 aliphatic carbocycles. The molecule has 0 saturated heterocycles. The SMILES string of the molecule is NC(N)=NC1CC(c2ccc(F)c(Cl)c2)C1. The largest absolute Gasteiger partial charge is 0.370 e. The fraction of sp³-hybridized carbons (Fsp3) is 0.364. The Morgan fingerprint density at radius 3 is 2.62 bits per heavy atom. The van der Waals surface area contributed by atoms with E-state index in [0.29, 0.717) is 5.92 Å². The van der Waals surface area contributed by atoms with Gasteiger partial charge >= 0.3 is 0 Å². The summed E-state index contributed by atoms with van der Waals surface area (Å²) >= 11 is 5.72. The maximum Gasteiger partial charge on any atom is 0.186 e. The van der Waals surface area contributed by atoms with Crippen molar-refractivity contribution in [1.29, 1.82) is 0 Å². The molecule has 0 unspecified atom stereocenters. The first-order chi connectivity index (χ1) is 7.56. The Bertz CT molecular complexity index is 423. The second-order valence-corrected chi connectivity index (χ2v) is 4.46. The maximum atomic E-state index is 12.9. The zero-order valence-electron chi connectivity index (χ0n) is 8.66. The average Bonchev–Trinajstić information content (AvgIpc) is 2.15. The number of rotatable bonds is 2. The summed E-state index contributed by atoms with van der Waals surface area (Å²) in [6.07, 6.45) is 1.78. The minimum absolute atomic E-state index is 0.126. The first-order valence-corrected chi connectivity index (χ1v) is 5.47. The number of nitrogens with two attached hydrogens (primary N) is 2. The molecule has 1 saturated carbocycles. The van der Waals surface area contributed by atoms with Crippen molar-refractivity contribution in [1.82, 2.24) is 0 Å². The Balaban J connectivity index is 2.01. The lowest BCUT2D eigenvalue weighted by molar-refractivity contribution is 0.353. The van der Waals surface area contributed by atoms with Gasteiger partial charge in [-0.1, -0.05) is 17.7 Å². The predicted octanol–water partition coefficient (Wildman–Crippen LogP) is 2.00. The normalized spacial score (nSPS) is 23.6. The standard InChI is InChI=1S/C11H13ClFN3/c12-9-5-6(1-2-10(9)13)7-3-8(4-7)16-11(14)15/h1-2,5,7-8H,3-4H2,(H4,14,15,16). The van der Waals surface area contributed by atoms with E-state index in [9.17, 15) is 4.39 Å². The lowest BCUT2D eigenvalue weighted by atomic mass is 9.76. The van der Waals surface area contributed by atoms with Gasteiger partial charge in [-0.15, -0.1) is 0 Å². The van der Waals surface area contributed by atoms with Crippen molar-refractivity contribution in [3.63, 3.8) is 0 Å². The molecule has 0 radical (unpaired) electrons. The predicted molar refractivity (Wildman–Crippen MR) is 63.0 cm³/mol. The monoisotopic (exact) mass is 241 g/mol. The molecule has 1 aromatic rings. The van der Waals surface area contributed by atoms with Crippen LogP contribution in [0.3, 0.4) is 0 Å². The molecule has 16 heavy (non-hydrogen) atoms. The van der Waals surface area contributed by atoms with E-state index in [-0.39, 0.29) is 22.8 Å². The van der Waals surface area contributed by atoms with Gasteiger partial charge in [0.05, 0.1) is 11.1 Å². The van der Waals surface area contributed by atoms with E-state index in [1.54, 1.807) is 12.1 Å². The van der Waals surface area contributed by atoms with Crippen molar-refractivity contribution in [2.24, 2.45) is 16.5 Å². The first kappa shape index (κ1) is 11.2. The summed E-state index contributed by atoms with van der Waals surface area (Å²) < 4.78 is 12.9. The molecule has 2 rings (SSSR count). The molecular formula is C11H13ClFN3. The van der Waals surface area contributed by atoms with Crippen molar-refractivity contribution < 1.29 is 4.39 Å². The molecule has 0 spiro atoms. The van der Waals surface area contributed by atoms with Gasteiger partial charge in [0.2, 0.25) is 0 Å². The molecule has 0 atom stereocenters. The van der Waals surface area contributed by atoms with Crippen LogP contribution in [-0.2, 0) is 0 Å². The number of benzene rings is 1. The summed E-state index contributed by atoms with van der Waals surface area (Å²) in [5.41, 5.74) is 11.6. The highest BCUT2D eigenvalue weighted by molar-refractivity contribution is 6.30. The van der Waals surface area contributed by atoms with Gasteiger partial charge < -0.3 is 11.5 Å². The molecule has 5 heteroatoms. The lowest BCUT2D eigenvalue weighted by Crippen LogP contribution is -2.31. The summed E-state index contributed by atoms with van der Waals surface area (Å²) in [7, 11) is 0. The Labute approximate surface area is 98.3 Å². The van der Waals surface area contributed by atoms with Crippen LogP contribution < -0.4 is 11.5 Å². The zero-order valence-corrected chi connectivity index (χ0v) is 9.41. The summed E-state index contributed by atoms with van der Waals surface area (Å²) in [6, 6.07) is 5.02. The lowest BCUT2D eigenvalue weighted by Gasteiger charge is -2.33. The Morgan fingerprint density at radius 1 is 1.38 bits per heavy atom. The van der Waals surface area contributed by atoms with Gasteiger partial charge in [0, 0.05) is 0 Å². The summed E-state index contributed by atoms with van der Waals surface area (Å²) in [5.74, 6) is 0.123. The second kappa shape index (κ2) is 4.29. The molecule has 1 aromatic carbocycles. The van der Waals surface area contributed by atoms with Gasteiger partial charge in [-0.2, -0.15) is 0 Å². The molecule has 1 fully saturated rings. The smallest absolute Gasteiger partial charge is 0.186 e. The molecule has 86 valence electrons. The number of hydrogen-bond acceptors (Lipinski definition) is 1. The quantitative estimate of drug-likeness (QED) is 0.614. The number of aliphatic imine (C=N–C) groups is 1. The fourth-order valence-corrected chi connectivity index (χ4v) is 2.13. The third kappa shape index (κ3) is 2.27. The van der Waals surface area contributed by atoms with Gasteiger partial charge in [0.15, 0.2) is 5.96 Å². The molecule has 0 amide bonds. The van der Waals surface area contributed by atoms with E-state index in [4.69, 9.17) is 23.1 Å².